The fourth-order valence-electron chi connectivity index (χ4n) is 2.39. The van der Waals surface area contributed by atoms with E-state index in [1.54, 1.807) is 4.90 Å². The maximum Gasteiger partial charge on any atom is 0.433 e. The maximum absolute atomic E-state index is 12.6. The lowest BCUT2D eigenvalue weighted by Gasteiger charge is -2.30. The van der Waals surface area contributed by atoms with Gasteiger partial charge in [0.2, 0.25) is 0 Å². The molecule has 7 heteroatoms. The van der Waals surface area contributed by atoms with Crippen LogP contribution in [0.5, 0.6) is 0 Å². The van der Waals surface area contributed by atoms with Crippen LogP contribution in [0.4, 0.5) is 19.0 Å². The van der Waals surface area contributed by atoms with Crippen molar-refractivity contribution in [2.45, 2.75) is 12.2 Å². The fraction of sp³-hybridized carbons (Fsp3) is 0.455. The van der Waals surface area contributed by atoms with E-state index in [0.29, 0.717) is 19.6 Å². The molecular formula is C11H10F3N3O. The summed E-state index contributed by atoms with van der Waals surface area (Å²) in [5, 5.41) is 3.05. The van der Waals surface area contributed by atoms with E-state index in [1.807, 2.05) is 0 Å². The van der Waals surface area contributed by atoms with Gasteiger partial charge in [-0.1, -0.05) is 0 Å². The Labute approximate surface area is 101 Å². The van der Waals surface area contributed by atoms with E-state index in [2.05, 4.69) is 10.3 Å². The Bertz CT molecular complexity index is 515. The van der Waals surface area contributed by atoms with Crippen LogP contribution in [0.2, 0.25) is 0 Å². The highest BCUT2D eigenvalue weighted by Gasteiger charge is 2.42. The van der Waals surface area contributed by atoms with Crippen LogP contribution in [0.15, 0.2) is 12.1 Å². The zero-order valence-corrected chi connectivity index (χ0v) is 9.29. The number of Topliss-reactive ketones (excluding diaryl/α,β-unsaturated/α-hetero) is 1. The SMILES string of the molecule is O=C1c2ccc(C(F)(F)F)nc2N2CCNCC12. The van der Waals surface area contributed by atoms with E-state index in [9.17, 15) is 18.0 Å². The quantitative estimate of drug-likeness (QED) is 0.755. The first kappa shape index (κ1) is 11.5. The molecule has 1 atom stereocenters. The molecule has 0 spiro atoms. The first-order valence-corrected chi connectivity index (χ1v) is 5.58. The Hall–Kier alpha value is -1.63. The second kappa shape index (κ2) is 3.68. The minimum atomic E-state index is -4.48. The van der Waals surface area contributed by atoms with Crippen LogP contribution in [0.1, 0.15) is 16.1 Å². The molecule has 1 fully saturated rings. The Morgan fingerprint density at radius 2 is 2.17 bits per heavy atom. The number of aromatic nitrogens is 1. The number of ketones is 1. The predicted octanol–water partition coefficient (Wildman–Crippen LogP) is 1.07. The van der Waals surface area contributed by atoms with E-state index in [4.69, 9.17) is 0 Å². The number of hydrogen-bond donors (Lipinski definition) is 1. The van der Waals surface area contributed by atoms with Gasteiger partial charge in [-0.3, -0.25) is 4.79 Å². The summed E-state index contributed by atoms with van der Waals surface area (Å²) in [6.07, 6.45) is -4.48. The molecule has 0 amide bonds. The van der Waals surface area contributed by atoms with Crippen LogP contribution in [0.25, 0.3) is 0 Å². The minimum Gasteiger partial charge on any atom is -0.343 e. The molecule has 0 aromatic carbocycles. The second-order valence-corrected chi connectivity index (χ2v) is 4.34. The highest BCUT2D eigenvalue weighted by molar-refractivity contribution is 6.10. The summed E-state index contributed by atoms with van der Waals surface area (Å²) in [4.78, 5) is 17.3. The molecule has 0 saturated carbocycles. The summed E-state index contributed by atoms with van der Waals surface area (Å²) in [5.74, 6) is 0.0137. The number of pyridine rings is 1. The van der Waals surface area contributed by atoms with Crippen molar-refractivity contribution < 1.29 is 18.0 Å². The molecule has 0 aliphatic carbocycles. The van der Waals surface area contributed by atoms with E-state index in [1.165, 1.54) is 6.07 Å². The van der Waals surface area contributed by atoms with Crippen molar-refractivity contribution in [1.29, 1.82) is 0 Å². The minimum absolute atomic E-state index is 0.154. The number of carbonyl (C=O) groups excluding carboxylic acids is 1. The summed E-state index contributed by atoms with van der Waals surface area (Å²) in [5.41, 5.74) is -0.662. The van der Waals surface area contributed by atoms with Crippen molar-refractivity contribution in [3.63, 3.8) is 0 Å². The largest absolute Gasteiger partial charge is 0.433 e. The van der Waals surface area contributed by atoms with Crippen molar-refractivity contribution in [3.8, 4) is 0 Å². The highest BCUT2D eigenvalue weighted by Crippen LogP contribution is 2.35. The van der Waals surface area contributed by atoms with Crippen molar-refractivity contribution >= 4 is 11.6 Å². The number of halogens is 3. The number of nitrogens with zero attached hydrogens (tertiary/aromatic N) is 2. The first-order chi connectivity index (χ1) is 8.48. The average molecular weight is 257 g/mol. The lowest BCUT2D eigenvalue weighted by molar-refractivity contribution is -0.141. The van der Waals surface area contributed by atoms with Gasteiger partial charge in [0.15, 0.2) is 5.78 Å². The third kappa shape index (κ3) is 1.58. The Morgan fingerprint density at radius 3 is 2.89 bits per heavy atom. The van der Waals surface area contributed by atoms with Crippen molar-refractivity contribution in [2.24, 2.45) is 0 Å². The molecule has 2 aliphatic heterocycles. The van der Waals surface area contributed by atoms with Crippen LogP contribution < -0.4 is 10.2 Å². The van der Waals surface area contributed by atoms with Crippen LogP contribution in [-0.2, 0) is 6.18 Å². The van der Waals surface area contributed by atoms with Gasteiger partial charge >= 0.3 is 6.18 Å². The third-order valence-corrected chi connectivity index (χ3v) is 3.25. The molecule has 0 bridgehead atoms. The normalized spacial score (nSPS) is 22.9. The smallest absolute Gasteiger partial charge is 0.343 e. The number of carbonyl (C=O) groups is 1. The maximum atomic E-state index is 12.6. The first-order valence-electron chi connectivity index (χ1n) is 5.58. The lowest BCUT2D eigenvalue weighted by Crippen LogP contribution is -2.51. The predicted molar refractivity (Wildman–Crippen MR) is 57.6 cm³/mol. The molecule has 1 saturated heterocycles. The summed E-state index contributed by atoms with van der Waals surface area (Å²) >= 11 is 0. The van der Waals surface area contributed by atoms with Gasteiger partial charge in [-0.05, 0) is 12.1 Å². The van der Waals surface area contributed by atoms with Gasteiger partial charge in [0.25, 0.3) is 0 Å². The van der Waals surface area contributed by atoms with Gasteiger partial charge in [-0.15, -0.1) is 0 Å². The number of anilines is 1. The van der Waals surface area contributed by atoms with Gasteiger partial charge in [-0.2, -0.15) is 13.2 Å². The number of nitrogens with one attached hydrogen (secondary N) is 1. The molecule has 1 unspecified atom stereocenters. The van der Waals surface area contributed by atoms with E-state index >= 15 is 0 Å². The van der Waals surface area contributed by atoms with Crippen LogP contribution in [-0.4, -0.2) is 36.4 Å². The van der Waals surface area contributed by atoms with Crippen LogP contribution in [0.3, 0.4) is 0 Å². The summed E-state index contributed by atoms with van der Waals surface area (Å²) < 4.78 is 37.8. The van der Waals surface area contributed by atoms with E-state index < -0.39 is 17.9 Å². The van der Waals surface area contributed by atoms with Gasteiger partial charge in [-0.25, -0.2) is 4.98 Å². The zero-order valence-electron chi connectivity index (χ0n) is 9.29. The van der Waals surface area contributed by atoms with Crippen LogP contribution >= 0.6 is 0 Å². The summed E-state index contributed by atoms with van der Waals surface area (Å²) in [7, 11) is 0. The number of rotatable bonds is 0. The molecule has 1 aromatic rings. The Balaban J connectivity index is 2.07. The van der Waals surface area contributed by atoms with E-state index in [0.717, 1.165) is 6.07 Å². The topological polar surface area (TPSA) is 45.2 Å². The molecule has 2 aliphatic rings. The number of alkyl halides is 3. The number of hydrogen-bond acceptors (Lipinski definition) is 4. The third-order valence-electron chi connectivity index (χ3n) is 3.25. The molecule has 3 heterocycles. The van der Waals surface area contributed by atoms with Crippen LogP contribution in [0, 0.1) is 0 Å². The second-order valence-electron chi connectivity index (χ2n) is 4.34. The Morgan fingerprint density at radius 1 is 1.39 bits per heavy atom. The van der Waals surface area contributed by atoms with Gasteiger partial charge in [0.1, 0.15) is 17.6 Å². The molecule has 0 radical (unpaired) electrons. The lowest BCUT2D eigenvalue weighted by atomic mass is 10.1. The highest BCUT2D eigenvalue weighted by atomic mass is 19.4. The standard InChI is InChI=1S/C11H10F3N3O/c12-11(13,14)8-2-1-6-9(18)7-5-15-3-4-17(7)10(6)16-8/h1-2,7,15H,3-5H2. The van der Waals surface area contributed by atoms with E-state index in [-0.39, 0.29) is 17.2 Å². The number of fused-ring (bicyclic) bond motifs is 3. The molecule has 96 valence electrons. The molecule has 4 nitrogen and oxygen atoms in total. The Kier molecular flexibility index (Phi) is 2.34. The molecule has 1 aromatic heterocycles. The number of piperazine rings is 1. The van der Waals surface area contributed by atoms with Gasteiger partial charge < -0.3 is 10.2 Å². The fourth-order valence-corrected chi connectivity index (χ4v) is 2.39. The van der Waals surface area contributed by atoms with Crippen molar-refractivity contribution in [2.75, 3.05) is 24.5 Å². The summed E-state index contributed by atoms with van der Waals surface area (Å²) in [6, 6.07) is 1.68. The summed E-state index contributed by atoms with van der Waals surface area (Å²) in [6.45, 7) is 1.59. The molecule has 3 rings (SSSR count). The van der Waals surface area contributed by atoms with Crippen molar-refractivity contribution in [3.05, 3.63) is 23.4 Å². The molecule has 1 N–H and O–H groups in total. The van der Waals surface area contributed by atoms with Gasteiger partial charge in [0.05, 0.1) is 5.56 Å². The van der Waals surface area contributed by atoms with Crippen molar-refractivity contribution in [1.82, 2.24) is 10.3 Å². The average Bonchev–Trinajstić information content (AvgIpc) is 2.63. The molecular weight excluding hydrogens is 247 g/mol. The monoisotopic (exact) mass is 257 g/mol. The zero-order chi connectivity index (χ0) is 12.9. The van der Waals surface area contributed by atoms with Gasteiger partial charge in [0, 0.05) is 19.6 Å². The molecule has 18 heavy (non-hydrogen) atoms.